The fourth-order valence-corrected chi connectivity index (χ4v) is 9.17. The highest BCUT2D eigenvalue weighted by molar-refractivity contribution is 5.86. The quantitative estimate of drug-likeness (QED) is 0.169. The molecule has 12 nitrogen and oxygen atoms in total. The summed E-state index contributed by atoms with van der Waals surface area (Å²) in [4.78, 5) is 32.9. The number of carbonyl (C=O) groups is 1. The number of unbranched alkanes of at least 4 members (excludes halogenated alkanes) is 2. The fourth-order valence-electron chi connectivity index (χ4n) is 9.17. The zero-order chi connectivity index (χ0) is 36.0. The van der Waals surface area contributed by atoms with Crippen LogP contribution in [0.1, 0.15) is 101 Å². The molecule has 4 aromatic rings. The lowest BCUT2D eigenvalue weighted by Crippen LogP contribution is -2.68. The molecule has 2 saturated heterocycles. The number of benzene rings is 1. The third kappa shape index (κ3) is 6.82. The zero-order valence-corrected chi connectivity index (χ0v) is 30.9. The lowest BCUT2D eigenvalue weighted by molar-refractivity contribution is -0.110. The molecule has 1 aromatic carbocycles. The lowest BCUT2D eigenvalue weighted by atomic mass is 9.60. The number of hydrogen-bond acceptors (Lipinski definition) is 10. The number of nitrogens with two attached hydrogens (primary N) is 1. The lowest BCUT2D eigenvalue weighted by Gasteiger charge is -2.61. The van der Waals surface area contributed by atoms with E-state index in [0.29, 0.717) is 35.2 Å². The average Bonchev–Trinajstić information content (AvgIpc) is 3.47. The summed E-state index contributed by atoms with van der Waals surface area (Å²) >= 11 is 0. The van der Waals surface area contributed by atoms with Crippen LogP contribution in [-0.4, -0.2) is 97.1 Å². The van der Waals surface area contributed by atoms with Crippen LogP contribution in [0, 0.1) is 5.41 Å². The molecule has 4 N–H and O–H groups in total. The number of aromatic nitrogens is 5. The number of aromatic hydroxyl groups is 1. The molecule has 52 heavy (non-hydrogen) atoms. The molecule has 0 unspecified atom stereocenters. The SMILES string of the molecule is CC(C)(C)OC(=O)N1CC2(CC(N3CCC(c4cnc(N5CCc6[nH]c7nnc(-c8ccccc8O)cc7c6[C@@H]5CCCCCN)nc4)CC3)C2)C1. The zero-order valence-electron chi connectivity index (χ0n) is 30.9. The molecule has 4 aliphatic rings. The molecule has 3 fully saturated rings. The Morgan fingerprint density at radius 3 is 2.50 bits per heavy atom. The molecule has 6 heterocycles. The Bertz CT molecular complexity index is 1880. The van der Waals surface area contributed by atoms with Crippen molar-refractivity contribution in [2.75, 3.05) is 44.2 Å². The number of ether oxygens (including phenoxy) is 1. The van der Waals surface area contributed by atoms with Gasteiger partial charge in [-0.25, -0.2) is 14.8 Å². The highest BCUT2D eigenvalue weighted by Gasteiger charge is 2.55. The maximum atomic E-state index is 12.4. The van der Waals surface area contributed by atoms with Crippen molar-refractivity contribution in [2.45, 2.75) is 102 Å². The van der Waals surface area contributed by atoms with Crippen molar-refractivity contribution in [1.82, 2.24) is 34.9 Å². The summed E-state index contributed by atoms with van der Waals surface area (Å²) in [5.41, 5.74) is 11.5. The van der Waals surface area contributed by atoms with Gasteiger partial charge in [0.05, 0.1) is 11.7 Å². The Kier molecular flexibility index (Phi) is 9.31. The first kappa shape index (κ1) is 34.8. The molecule has 1 atom stereocenters. The number of phenols is 1. The number of para-hydroxylation sites is 1. The number of likely N-dealkylation sites (tertiary alicyclic amines) is 2. The molecule has 0 radical (unpaired) electrons. The number of carbonyl (C=O) groups excluding carboxylic acids is 1. The van der Waals surface area contributed by atoms with Crippen molar-refractivity contribution in [3.63, 3.8) is 0 Å². The van der Waals surface area contributed by atoms with Crippen molar-refractivity contribution in [1.29, 1.82) is 0 Å². The second kappa shape index (κ2) is 13.9. The number of hydrogen-bond donors (Lipinski definition) is 3. The number of nitrogens with zero attached hydrogens (tertiary/aromatic N) is 7. The molecule has 12 heteroatoms. The van der Waals surface area contributed by atoms with Crippen LogP contribution < -0.4 is 10.6 Å². The van der Waals surface area contributed by atoms with E-state index in [-0.39, 0.29) is 17.9 Å². The molecule has 8 rings (SSSR count). The standard InChI is InChI=1S/C40H53N9O3/c1-39(2,3)52-38(51)48-24-40(25-48)20-28(21-40)47-16-12-26(13-17-47)27-22-42-37(43-23-27)49-18-14-31-35(33(49)10-5-4-8-15-41)30-19-32(45-46-36(30)44-31)29-9-6-7-11-34(29)50/h6-7,9,11,19,22-23,26,28,33,50H,4-5,8,10,12-18,20-21,24-25,41H2,1-3H3,(H,44,46)/t33-/m0/s1. The molecule has 3 aliphatic heterocycles. The Balaban J connectivity index is 0.924. The Hall–Kier alpha value is -4.29. The van der Waals surface area contributed by atoms with E-state index in [2.05, 4.69) is 43.4 Å². The molecular formula is C40H53N9O3. The highest BCUT2D eigenvalue weighted by Crippen LogP contribution is 2.51. The van der Waals surface area contributed by atoms with Gasteiger partial charge in [0, 0.05) is 72.1 Å². The van der Waals surface area contributed by atoms with Crippen molar-refractivity contribution in [3.05, 3.63) is 59.5 Å². The topological polar surface area (TPSA) is 150 Å². The summed E-state index contributed by atoms with van der Waals surface area (Å²) in [6, 6.07) is 10.0. The fraction of sp³-hybridized carbons (Fsp3) is 0.575. The monoisotopic (exact) mass is 707 g/mol. The number of fused-ring (bicyclic) bond motifs is 3. The molecule has 276 valence electrons. The predicted molar refractivity (Wildman–Crippen MR) is 201 cm³/mol. The number of nitrogens with one attached hydrogen (secondary N) is 1. The number of phenolic OH excluding ortho intramolecular Hbond substituents is 1. The molecule has 1 spiro atoms. The van der Waals surface area contributed by atoms with Gasteiger partial charge in [-0.05, 0) is 109 Å². The van der Waals surface area contributed by atoms with Crippen LogP contribution >= 0.6 is 0 Å². The molecule has 0 bridgehead atoms. The molecule has 3 aromatic heterocycles. The summed E-state index contributed by atoms with van der Waals surface area (Å²) in [5, 5.41) is 20.6. The van der Waals surface area contributed by atoms with E-state index in [1.165, 1.54) is 29.7 Å². The maximum absolute atomic E-state index is 12.4. The van der Waals surface area contributed by atoms with Crippen LogP contribution in [0.5, 0.6) is 5.75 Å². The van der Waals surface area contributed by atoms with Gasteiger partial charge in [-0.15, -0.1) is 10.2 Å². The third-order valence-electron chi connectivity index (χ3n) is 11.8. The van der Waals surface area contributed by atoms with Crippen LogP contribution in [0.25, 0.3) is 22.3 Å². The van der Waals surface area contributed by atoms with E-state index < -0.39 is 5.60 Å². The van der Waals surface area contributed by atoms with Crippen LogP contribution in [0.4, 0.5) is 10.7 Å². The minimum atomic E-state index is -0.448. The van der Waals surface area contributed by atoms with Crippen LogP contribution in [0.3, 0.4) is 0 Å². The number of amides is 1. The van der Waals surface area contributed by atoms with Gasteiger partial charge < -0.3 is 35.3 Å². The second-order valence-electron chi connectivity index (χ2n) is 16.6. The average molecular weight is 708 g/mol. The minimum Gasteiger partial charge on any atom is -0.507 e. The smallest absolute Gasteiger partial charge is 0.410 e. The first-order chi connectivity index (χ1) is 25.1. The van der Waals surface area contributed by atoms with E-state index in [4.69, 9.17) is 20.4 Å². The highest BCUT2D eigenvalue weighted by atomic mass is 16.6. The molecule has 1 saturated carbocycles. The summed E-state index contributed by atoms with van der Waals surface area (Å²) < 4.78 is 5.57. The number of rotatable bonds is 9. The van der Waals surface area contributed by atoms with E-state index in [1.54, 1.807) is 6.07 Å². The summed E-state index contributed by atoms with van der Waals surface area (Å²) in [6.45, 7) is 11.1. The van der Waals surface area contributed by atoms with Gasteiger partial charge in [0.1, 0.15) is 11.4 Å². The summed E-state index contributed by atoms with van der Waals surface area (Å²) in [5.74, 6) is 1.43. The van der Waals surface area contributed by atoms with E-state index in [9.17, 15) is 9.90 Å². The number of anilines is 1. The van der Waals surface area contributed by atoms with Crippen molar-refractivity contribution in [2.24, 2.45) is 11.1 Å². The second-order valence-corrected chi connectivity index (χ2v) is 16.6. The van der Waals surface area contributed by atoms with Crippen molar-refractivity contribution >= 4 is 23.1 Å². The van der Waals surface area contributed by atoms with Gasteiger partial charge in [-0.1, -0.05) is 25.0 Å². The third-order valence-corrected chi connectivity index (χ3v) is 11.8. The minimum absolute atomic E-state index is 0.0865. The van der Waals surface area contributed by atoms with Gasteiger partial charge in [0.2, 0.25) is 5.95 Å². The first-order valence-electron chi connectivity index (χ1n) is 19.3. The summed E-state index contributed by atoms with van der Waals surface area (Å²) in [7, 11) is 0. The van der Waals surface area contributed by atoms with E-state index in [0.717, 1.165) is 94.7 Å². The largest absolute Gasteiger partial charge is 0.507 e. The van der Waals surface area contributed by atoms with Crippen LogP contribution in [-0.2, 0) is 11.2 Å². The predicted octanol–water partition coefficient (Wildman–Crippen LogP) is 6.32. The number of aromatic amines is 1. The Morgan fingerprint density at radius 2 is 1.79 bits per heavy atom. The van der Waals surface area contributed by atoms with Crippen molar-refractivity contribution < 1.29 is 14.6 Å². The summed E-state index contributed by atoms with van der Waals surface area (Å²) in [6.07, 6.45) is 13.5. The maximum Gasteiger partial charge on any atom is 0.410 e. The Labute approximate surface area is 306 Å². The van der Waals surface area contributed by atoms with Gasteiger partial charge >= 0.3 is 6.09 Å². The van der Waals surface area contributed by atoms with Crippen LogP contribution in [0.15, 0.2) is 42.7 Å². The van der Waals surface area contributed by atoms with Crippen molar-refractivity contribution in [3.8, 4) is 17.0 Å². The van der Waals surface area contributed by atoms with Gasteiger partial charge in [-0.2, -0.15) is 0 Å². The van der Waals surface area contributed by atoms with E-state index in [1.807, 2.05) is 43.9 Å². The van der Waals surface area contributed by atoms with Gasteiger partial charge in [-0.3, -0.25) is 0 Å². The normalized spacial score (nSPS) is 20.9. The number of piperidine rings is 1. The first-order valence-corrected chi connectivity index (χ1v) is 19.3. The van der Waals surface area contributed by atoms with Gasteiger partial charge in [0.25, 0.3) is 0 Å². The van der Waals surface area contributed by atoms with Gasteiger partial charge in [0.15, 0.2) is 5.65 Å². The van der Waals surface area contributed by atoms with Crippen LogP contribution in [0.2, 0.25) is 0 Å². The molecular weight excluding hydrogens is 654 g/mol. The van der Waals surface area contributed by atoms with E-state index >= 15 is 0 Å². The Morgan fingerprint density at radius 1 is 1.04 bits per heavy atom. The molecule has 1 aliphatic carbocycles. The molecule has 1 amide bonds. The number of H-pyrrole nitrogens is 1.